The molecule has 2 rings (SSSR count). The molecule has 1 aliphatic rings. The monoisotopic (exact) mass is 228 g/mol. The molecule has 3 heteroatoms. The lowest BCUT2D eigenvalue weighted by atomic mass is 9.93. The van der Waals surface area contributed by atoms with Crippen LogP contribution < -0.4 is 5.32 Å². The molecule has 0 saturated heterocycles. The van der Waals surface area contributed by atoms with Crippen LogP contribution in [-0.2, 0) is 11.2 Å². The fourth-order valence-corrected chi connectivity index (χ4v) is 2.16. The van der Waals surface area contributed by atoms with Gasteiger partial charge in [-0.05, 0) is 17.5 Å². The molecule has 0 saturated carbocycles. The van der Waals surface area contributed by atoms with Crippen molar-refractivity contribution in [3.05, 3.63) is 35.4 Å². The SMILES string of the molecule is C#CCN(C)C(=O)C1NCCc2ccccc21. The van der Waals surface area contributed by atoms with Crippen molar-refractivity contribution in [2.75, 3.05) is 20.1 Å². The van der Waals surface area contributed by atoms with Gasteiger partial charge in [0.2, 0.25) is 5.91 Å². The van der Waals surface area contributed by atoms with E-state index in [0.29, 0.717) is 6.54 Å². The minimum atomic E-state index is -0.252. The van der Waals surface area contributed by atoms with Gasteiger partial charge in [0.25, 0.3) is 0 Å². The van der Waals surface area contributed by atoms with Gasteiger partial charge in [0.1, 0.15) is 6.04 Å². The van der Waals surface area contributed by atoms with Crippen molar-refractivity contribution in [3.63, 3.8) is 0 Å². The average molecular weight is 228 g/mol. The minimum Gasteiger partial charge on any atom is -0.333 e. The van der Waals surface area contributed by atoms with Crippen LogP contribution >= 0.6 is 0 Å². The second-order valence-corrected chi connectivity index (χ2v) is 4.23. The maximum absolute atomic E-state index is 12.2. The molecule has 1 atom stereocenters. The standard InChI is InChI=1S/C14H16N2O/c1-3-10-16(2)14(17)13-12-7-5-4-6-11(12)8-9-15-13/h1,4-7,13,15H,8-10H2,2H3. The molecule has 3 nitrogen and oxygen atoms in total. The van der Waals surface area contributed by atoms with E-state index in [1.807, 2.05) is 18.2 Å². The Balaban J connectivity index is 2.24. The summed E-state index contributed by atoms with van der Waals surface area (Å²) in [5.41, 5.74) is 2.33. The number of benzene rings is 1. The normalized spacial score (nSPS) is 18.0. The van der Waals surface area contributed by atoms with Crippen LogP contribution in [0, 0.1) is 12.3 Å². The number of carbonyl (C=O) groups excluding carboxylic acids is 1. The summed E-state index contributed by atoms with van der Waals surface area (Å²) in [4.78, 5) is 13.8. The number of nitrogens with one attached hydrogen (secondary N) is 1. The van der Waals surface area contributed by atoms with Crippen molar-refractivity contribution >= 4 is 5.91 Å². The quantitative estimate of drug-likeness (QED) is 0.765. The average Bonchev–Trinajstić information content (AvgIpc) is 2.37. The van der Waals surface area contributed by atoms with Gasteiger partial charge in [0.15, 0.2) is 0 Å². The van der Waals surface area contributed by atoms with E-state index in [-0.39, 0.29) is 11.9 Å². The van der Waals surface area contributed by atoms with Crippen LogP contribution in [0.2, 0.25) is 0 Å². The Hall–Kier alpha value is -1.79. The van der Waals surface area contributed by atoms with Crippen LogP contribution in [0.25, 0.3) is 0 Å². The summed E-state index contributed by atoms with van der Waals surface area (Å²) in [6, 6.07) is 7.81. The van der Waals surface area contributed by atoms with E-state index in [1.165, 1.54) is 5.56 Å². The second-order valence-electron chi connectivity index (χ2n) is 4.23. The number of likely N-dealkylation sites (N-methyl/N-ethyl adjacent to an activating group) is 1. The minimum absolute atomic E-state index is 0.0371. The molecule has 1 aromatic carbocycles. The molecule has 88 valence electrons. The van der Waals surface area contributed by atoms with E-state index in [4.69, 9.17) is 6.42 Å². The molecule has 1 aliphatic heterocycles. The van der Waals surface area contributed by atoms with Crippen molar-refractivity contribution in [1.29, 1.82) is 0 Å². The van der Waals surface area contributed by atoms with E-state index in [9.17, 15) is 4.79 Å². The van der Waals surface area contributed by atoms with Gasteiger partial charge in [0.05, 0.1) is 6.54 Å². The molecule has 1 amide bonds. The van der Waals surface area contributed by atoms with Gasteiger partial charge in [-0.2, -0.15) is 0 Å². The number of rotatable bonds is 2. The molecular weight excluding hydrogens is 212 g/mol. The molecule has 1 unspecified atom stereocenters. The predicted octanol–water partition coefficient (Wildman–Crippen LogP) is 0.965. The molecule has 17 heavy (non-hydrogen) atoms. The topological polar surface area (TPSA) is 32.3 Å². The second kappa shape index (κ2) is 5.03. The van der Waals surface area contributed by atoms with Crippen LogP contribution in [0.4, 0.5) is 0 Å². The molecule has 0 spiro atoms. The molecule has 0 radical (unpaired) electrons. The lowest BCUT2D eigenvalue weighted by molar-refractivity contribution is -0.131. The van der Waals surface area contributed by atoms with Crippen molar-refractivity contribution in [2.24, 2.45) is 0 Å². The third-order valence-corrected chi connectivity index (χ3v) is 3.06. The third kappa shape index (κ3) is 2.32. The first-order valence-corrected chi connectivity index (χ1v) is 5.73. The first kappa shape index (κ1) is 11.7. The van der Waals surface area contributed by atoms with Crippen molar-refractivity contribution < 1.29 is 4.79 Å². The summed E-state index contributed by atoms with van der Waals surface area (Å²) in [6.07, 6.45) is 6.20. The maximum atomic E-state index is 12.2. The van der Waals surface area contributed by atoms with Gasteiger partial charge >= 0.3 is 0 Å². The van der Waals surface area contributed by atoms with E-state index in [2.05, 4.69) is 17.3 Å². The molecular formula is C14H16N2O. The predicted molar refractivity (Wildman–Crippen MR) is 67.4 cm³/mol. The number of hydrogen-bond donors (Lipinski definition) is 1. The van der Waals surface area contributed by atoms with Crippen LogP contribution in [0.3, 0.4) is 0 Å². The highest BCUT2D eigenvalue weighted by molar-refractivity contribution is 5.84. The van der Waals surface area contributed by atoms with Crippen molar-refractivity contribution in [1.82, 2.24) is 10.2 Å². The van der Waals surface area contributed by atoms with E-state index >= 15 is 0 Å². The zero-order valence-corrected chi connectivity index (χ0v) is 9.94. The summed E-state index contributed by atoms with van der Waals surface area (Å²) in [5.74, 6) is 2.53. The lowest BCUT2D eigenvalue weighted by Crippen LogP contribution is -2.42. The Morgan fingerprint density at radius 3 is 3.12 bits per heavy atom. The number of carbonyl (C=O) groups is 1. The number of fused-ring (bicyclic) bond motifs is 1. The number of terminal acetylenes is 1. The van der Waals surface area contributed by atoms with Crippen molar-refractivity contribution in [2.45, 2.75) is 12.5 Å². The third-order valence-electron chi connectivity index (χ3n) is 3.06. The van der Waals surface area contributed by atoms with Gasteiger partial charge in [-0.15, -0.1) is 6.42 Å². The summed E-state index contributed by atoms with van der Waals surface area (Å²) in [7, 11) is 1.74. The highest BCUT2D eigenvalue weighted by atomic mass is 16.2. The Labute approximate surface area is 102 Å². The summed E-state index contributed by atoms with van der Waals surface area (Å²) in [6.45, 7) is 1.18. The number of nitrogens with zero attached hydrogens (tertiary/aromatic N) is 1. The summed E-state index contributed by atoms with van der Waals surface area (Å²) in [5, 5.41) is 3.25. The fourth-order valence-electron chi connectivity index (χ4n) is 2.16. The zero-order valence-electron chi connectivity index (χ0n) is 9.94. The fraction of sp³-hybridized carbons (Fsp3) is 0.357. The van der Waals surface area contributed by atoms with Crippen LogP contribution in [0.5, 0.6) is 0 Å². The Morgan fingerprint density at radius 2 is 2.35 bits per heavy atom. The van der Waals surface area contributed by atoms with E-state index in [0.717, 1.165) is 18.5 Å². The Morgan fingerprint density at radius 1 is 1.59 bits per heavy atom. The molecule has 0 aliphatic carbocycles. The Bertz CT molecular complexity index is 462. The lowest BCUT2D eigenvalue weighted by Gasteiger charge is -2.28. The first-order chi connectivity index (χ1) is 8.24. The van der Waals surface area contributed by atoms with Crippen molar-refractivity contribution in [3.8, 4) is 12.3 Å². The van der Waals surface area contributed by atoms with Gasteiger partial charge in [-0.25, -0.2) is 0 Å². The first-order valence-electron chi connectivity index (χ1n) is 5.73. The number of amides is 1. The summed E-state index contributed by atoms with van der Waals surface area (Å²) < 4.78 is 0. The van der Waals surface area contributed by atoms with Gasteiger partial charge < -0.3 is 10.2 Å². The van der Waals surface area contributed by atoms with Crippen LogP contribution in [0.1, 0.15) is 17.2 Å². The van der Waals surface area contributed by atoms with E-state index in [1.54, 1.807) is 11.9 Å². The molecule has 0 bridgehead atoms. The molecule has 0 fully saturated rings. The van der Waals surface area contributed by atoms with Crippen LogP contribution in [-0.4, -0.2) is 30.9 Å². The van der Waals surface area contributed by atoms with E-state index < -0.39 is 0 Å². The largest absolute Gasteiger partial charge is 0.333 e. The smallest absolute Gasteiger partial charge is 0.244 e. The Kier molecular flexibility index (Phi) is 3.46. The molecule has 1 N–H and O–H groups in total. The van der Waals surface area contributed by atoms with Gasteiger partial charge in [-0.3, -0.25) is 4.79 Å². The van der Waals surface area contributed by atoms with Crippen LogP contribution in [0.15, 0.2) is 24.3 Å². The highest BCUT2D eigenvalue weighted by Gasteiger charge is 2.27. The maximum Gasteiger partial charge on any atom is 0.244 e. The molecule has 0 aromatic heterocycles. The van der Waals surface area contributed by atoms with Gasteiger partial charge in [-0.1, -0.05) is 30.2 Å². The number of hydrogen-bond acceptors (Lipinski definition) is 2. The summed E-state index contributed by atoms with van der Waals surface area (Å²) >= 11 is 0. The highest BCUT2D eigenvalue weighted by Crippen LogP contribution is 2.23. The zero-order chi connectivity index (χ0) is 12.3. The van der Waals surface area contributed by atoms with Gasteiger partial charge in [0, 0.05) is 13.6 Å². The molecule has 1 aromatic rings. The molecule has 1 heterocycles.